The normalized spacial score (nSPS) is 10.5. The van der Waals surface area contributed by atoms with E-state index in [0.29, 0.717) is 36.5 Å². The van der Waals surface area contributed by atoms with E-state index in [9.17, 15) is 4.79 Å². The number of carbonyl (C=O) groups is 1. The van der Waals surface area contributed by atoms with Crippen molar-refractivity contribution in [1.29, 1.82) is 0 Å². The van der Waals surface area contributed by atoms with Crippen molar-refractivity contribution in [3.8, 4) is 0 Å². The fourth-order valence-corrected chi connectivity index (χ4v) is 1.94. The Bertz CT molecular complexity index is 668. The Hall–Kier alpha value is -2.40. The lowest BCUT2D eigenvalue weighted by molar-refractivity contribution is 0.0699. The van der Waals surface area contributed by atoms with Crippen LogP contribution in [0.2, 0.25) is 0 Å². The molecule has 0 saturated heterocycles. The van der Waals surface area contributed by atoms with Gasteiger partial charge in [0, 0.05) is 11.9 Å². The number of carboxylic acids is 1. The number of ether oxygens (including phenoxy) is 1. The molecule has 1 heterocycles. The standard InChI is InChI=1S/C16H18N2O3/c1-11(2)10-21-9-8-17-15-7-6-12-13(16(19)20)4-3-5-14(12)18-15/h3-7H,1,8-10H2,2H3,(H,17,18)(H,19,20). The molecule has 110 valence electrons. The number of carboxylic acid groups (broad SMARTS) is 1. The van der Waals surface area contributed by atoms with Crippen LogP contribution in [0.3, 0.4) is 0 Å². The minimum absolute atomic E-state index is 0.261. The van der Waals surface area contributed by atoms with Crippen molar-refractivity contribution < 1.29 is 14.6 Å². The minimum Gasteiger partial charge on any atom is -0.478 e. The smallest absolute Gasteiger partial charge is 0.336 e. The molecule has 0 saturated carbocycles. The van der Waals surface area contributed by atoms with Gasteiger partial charge in [0.2, 0.25) is 0 Å². The number of aromatic nitrogens is 1. The van der Waals surface area contributed by atoms with Crippen molar-refractivity contribution in [2.45, 2.75) is 6.92 Å². The molecule has 0 bridgehead atoms. The van der Waals surface area contributed by atoms with Crippen LogP contribution in [0.1, 0.15) is 17.3 Å². The van der Waals surface area contributed by atoms with E-state index in [0.717, 1.165) is 5.57 Å². The largest absolute Gasteiger partial charge is 0.478 e. The number of hydrogen-bond donors (Lipinski definition) is 2. The first-order valence-corrected chi connectivity index (χ1v) is 6.67. The van der Waals surface area contributed by atoms with Crippen LogP contribution in [0.15, 0.2) is 42.5 Å². The van der Waals surface area contributed by atoms with E-state index in [2.05, 4.69) is 16.9 Å². The summed E-state index contributed by atoms with van der Waals surface area (Å²) in [5.74, 6) is -0.250. The first-order chi connectivity index (χ1) is 10.1. The molecule has 5 nitrogen and oxygen atoms in total. The summed E-state index contributed by atoms with van der Waals surface area (Å²) in [6, 6.07) is 8.60. The fraction of sp³-hybridized carbons (Fsp3) is 0.250. The molecule has 0 unspecified atom stereocenters. The Kier molecular flexibility index (Phi) is 4.90. The van der Waals surface area contributed by atoms with Crippen molar-refractivity contribution in [3.05, 3.63) is 48.0 Å². The van der Waals surface area contributed by atoms with Gasteiger partial charge in [0.25, 0.3) is 0 Å². The highest BCUT2D eigenvalue weighted by molar-refractivity contribution is 6.02. The summed E-state index contributed by atoms with van der Waals surface area (Å²) >= 11 is 0. The predicted molar refractivity (Wildman–Crippen MR) is 82.8 cm³/mol. The van der Waals surface area contributed by atoms with Gasteiger partial charge in [-0.2, -0.15) is 0 Å². The highest BCUT2D eigenvalue weighted by atomic mass is 16.5. The van der Waals surface area contributed by atoms with Crippen LogP contribution in [0.25, 0.3) is 10.9 Å². The summed E-state index contributed by atoms with van der Waals surface area (Å²) in [4.78, 5) is 15.5. The van der Waals surface area contributed by atoms with E-state index in [1.54, 1.807) is 30.3 Å². The summed E-state index contributed by atoms with van der Waals surface area (Å²) in [6.07, 6.45) is 0. The third-order valence-electron chi connectivity index (χ3n) is 2.86. The van der Waals surface area contributed by atoms with E-state index in [4.69, 9.17) is 9.84 Å². The topological polar surface area (TPSA) is 71.5 Å². The van der Waals surface area contributed by atoms with E-state index < -0.39 is 5.97 Å². The van der Waals surface area contributed by atoms with Crippen LogP contribution in [-0.2, 0) is 4.74 Å². The minimum atomic E-state index is -0.948. The maximum absolute atomic E-state index is 11.1. The molecule has 0 aliphatic rings. The second-order valence-corrected chi connectivity index (χ2v) is 4.81. The number of anilines is 1. The lowest BCUT2D eigenvalue weighted by Crippen LogP contribution is -2.11. The molecule has 2 rings (SSSR count). The van der Waals surface area contributed by atoms with Crippen molar-refractivity contribution in [1.82, 2.24) is 4.98 Å². The van der Waals surface area contributed by atoms with Crippen molar-refractivity contribution in [2.24, 2.45) is 0 Å². The van der Waals surface area contributed by atoms with Gasteiger partial charge in [0.15, 0.2) is 0 Å². The van der Waals surface area contributed by atoms with Crippen LogP contribution in [-0.4, -0.2) is 35.8 Å². The quantitative estimate of drug-likeness (QED) is 0.605. The van der Waals surface area contributed by atoms with E-state index in [-0.39, 0.29) is 5.56 Å². The Morgan fingerprint density at radius 2 is 2.19 bits per heavy atom. The van der Waals surface area contributed by atoms with Gasteiger partial charge in [0.05, 0.1) is 24.3 Å². The van der Waals surface area contributed by atoms with Gasteiger partial charge in [-0.15, -0.1) is 0 Å². The molecule has 21 heavy (non-hydrogen) atoms. The fourth-order valence-electron chi connectivity index (χ4n) is 1.94. The molecular formula is C16H18N2O3. The number of nitrogens with one attached hydrogen (secondary N) is 1. The third-order valence-corrected chi connectivity index (χ3v) is 2.86. The van der Waals surface area contributed by atoms with Gasteiger partial charge in [-0.1, -0.05) is 18.2 Å². The monoisotopic (exact) mass is 286 g/mol. The first-order valence-electron chi connectivity index (χ1n) is 6.67. The Labute approximate surface area is 123 Å². The number of nitrogens with zero attached hydrogens (tertiary/aromatic N) is 1. The lowest BCUT2D eigenvalue weighted by Gasteiger charge is -2.08. The first kappa shape index (κ1) is 15.0. The molecule has 0 fully saturated rings. The highest BCUT2D eigenvalue weighted by Gasteiger charge is 2.08. The zero-order chi connectivity index (χ0) is 15.2. The summed E-state index contributed by atoms with van der Waals surface area (Å²) in [5.41, 5.74) is 1.90. The SMILES string of the molecule is C=C(C)COCCNc1ccc2c(C(=O)O)cccc2n1. The molecule has 0 spiro atoms. The molecule has 0 aliphatic heterocycles. The molecular weight excluding hydrogens is 268 g/mol. The van der Waals surface area contributed by atoms with Crippen LogP contribution in [0.4, 0.5) is 5.82 Å². The van der Waals surface area contributed by atoms with Crippen molar-refractivity contribution >= 4 is 22.7 Å². The van der Waals surface area contributed by atoms with Crippen molar-refractivity contribution in [3.63, 3.8) is 0 Å². The van der Waals surface area contributed by atoms with Crippen LogP contribution >= 0.6 is 0 Å². The number of pyridine rings is 1. The zero-order valence-corrected chi connectivity index (χ0v) is 11.9. The van der Waals surface area contributed by atoms with Gasteiger partial charge < -0.3 is 15.2 Å². The molecule has 0 aliphatic carbocycles. The second kappa shape index (κ2) is 6.85. The van der Waals surface area contributed by atoms with E-state index in [1.165, 1.54) is 0 Å². The molecule has 1 aromatic carbocycles. The molecule has 2 N–H and O–H groups in total. The van der Waals surface area contributed by atoms with Gasteiger partial charge in [-0.05, 0) is 31.2 Å². The maximum atomic E-state index is 11.1. The van der Waals surface area contributed by atoms with Crippen LogP contribution < -0.4 is 5.32 Å². The second-order valence-electron chi connectivity index (χ2n) is 4.81. The van der Waals surface area contributed by atoms with Gasteiger partial charge >= 0.3 is 5.97 Å². The molecule has 0 amide bonds. The van der Waals surface area contributed by atoms with Crippen LogP contribution in [0, 0.1) is 0 Å². The Morgan fingerprint density at radius 3 is 2.90 bits per heavy atom. The van der Waals surface area contributed by atoms with Gasteiger partial charge in [-0.25, -0.2) is 9.78 Å². The van der Waals surface area contributed by atoms with E-state index in [1.807, 2.05) is 6.92 Å². The van der Waals surface area contributed by atoms with Crippen LogP contribution in [0.5, 0.6) is 0 Å². The summed E-state index contributed by atoms with van der Waals surface area (Å²) in [5, 5.41) is 12.9. The Balaban J connectivity index is 2.03. The summed E-state index contributed by atoms with van der Waals surface area (Å²) in [6.45, 7) is 7.41. The molecule has 5 heteroatoms. The number of rotatable bonds is 7. The summed E-state index contributed by atoms with van der Waals surface area (Å²) < 4.78 is 5.39. The number of fused-ring (bicyclic) bond motifs is 1. The molecule has 0 radical (unpaired) electrons. The predicted octanol–water partition coefficient (Wildman–Crippen LogP) is 2.94. The molecule has 0 atom stereocenters. The average Bonchev–Trinajstić information content (AvgIpc) is 2.45. The Morgan fingerprint density at radius 1 is 1.38 bits per heavy atom. The number of hydrogen-bond acceptors (Lipinski definition) is 4. The van der Waals surface area contributed by atoms with E-state index >= 15 is 0 Å². The number of benzene rings is 1. The maximum Gasteiger partial charge on any atom is 0.336 e. The van der Waals surface area contributed by atoms with Crippen molar-refractivity contribution in [2.75, 3.05) is 25.1 Å². The van der Waals surface area contributed by atoms with Gasteiger partial charge in [-0.3, -0.25) is 0 Å². The lowest BCUT2D eigenvalue weighted by atomic mass is 10.1. The molecule has 2 aromatic rings. The zero-order valence-electron chi connectivity index (χ0n) is 11.9. The average molecular weight is 286 g/mol. The highest BCUT2D eigenvalue weighted by Crippen LogP contribution is 2.19. The molecule has 1 aromatic heterocycles. The van der Waals surface area contributed by atoms with Gasteiger partial charge in [0.1, 0.15) is 5.82 Å². The third kappa shape index (κ3) is 4.03. The summed E-state index contributed by atoms with van der Waals surface area (Å²) in [7, 11) is 0. The number of aromatic carboxylic acids is 1.